The Morgan fingerprint density at radius 2 is 2.10 bits per heavy atom. The molecule has 2 heterocycles. The van der Waals surface area contributed by atoms with Gasteiger partial charge in [0, 0.05) is 5.69 Å². The average molecular weight is 283 g/mol. The summed E-state index contributed by atoms with van der Waals surface area (Å²) in [5.41, 5.74) is 1.58. The van der Waals surface area contributed by atoms with Crippen LogP contribution in [0.1, 0.15) is 27.8 Å². The molecule has 0 bridgehead atoms. The fourth-order valence-corrected chi connectivity index (χ4v) is 1.96. The molecule has 1 N–H and O–H groups in total. The number of carbonyl (C=O) groups is 1. The molecular weight excluding hydrogens is 270 g/mol. The second-order valence-corrected chi connectivity index (χ2v) is 4.50. The molecule has 1 amide bonds. The van der Waals surface area contributed by atoms with Crippen molar-refractivity contribution in [3.8, 4) is 0 Å². The first-order valence-corrected chi connectivity index (χ1v) is 6.44. The summed E-state index contributed by atoms with van der Waals surface area (Å²) < 4.78 is 10.2. The molecule has 0 atom stereocenters. The highest BCUT2D eigenvalue weighted by atomic mass is 16.5. The lowest BCUT2D eigenvalue weighted by Crippen LogP contribution is -2.12. The van der Waals surface area contributed by atoms with Crippen LogP contribution in [-0.4, -0.2) is 16.0 Å². The van der Waals surface area contributed by atoms with Gasteiger partial charge in [0.2, 0.25) is 5.89 Å². The van der Waals surface area contributed by atoms with Crippen molar-refractivity contribution in [3.63, 3.8) is 0 Å². The standard InChI is InChI=1S/C15H13N3O3/c1-10-16-14(21-18-10)9-11-5-2-3-6-12(11)17-15(19)13-7-4-8-20-13/h2-8H,9H2,1H3,(H,17,19). The van der Waals surface area contributed by atoms with E-state index in [0.717, 1.165) is 5.56 Å². The zero-order chi connectivity index (χ0) is 14.7. The Labute approximate surface area is 120 Å². The number of benzene rings is 1. The zero-order valence-corrected chi connectivity index (χ0v) is 11.4. The number of furan rings is 1. The monoisotopic (exact) mass is 283 g/mol. The number of nitrogens with zero attached hydrogens (tertiary/aromatic N) is 2. The van der Waals surface area contributed by atoms with Crippen LogP contribution in [0.3, 0.4) is 0 Å². The van der Waals surface area contributed by atoms with Gasteiger partial charge in [-0.1, -0.05) is 23.4 Å². The quantitative estimate of drug-likeness (QED) is 0.796. The van der Waals surface area contributed by atoms with E-state index in [2.05, 4.69) is 15.5 Å². The van der Waals surface area contributed by atoms with Crippen molar-refractivity contribution in [2.24, 2.45) is 0 Å². The minimum atomic E-state index is -0.297. The van der Waals surface area contributed by atoms with Gasteiger partial charge in [0.1, 0.15) is 0 Å². The molecule has 0 spiro atoms. The van der Waals surface area contributed by atoms with E-state index in [-0.39, 0.29) is 11.7 Å². The number of rotatable bonds is 4. The Morgan fingerprint density at radius 1 is 1.24 bits per heavy atom. The van der Waals surface area contributed by atoms with E-state index in [0.29, 0.717) is 23.8 Å². The van der Waals surface area contributed by atoms with Crippen molar-refractivity contribution in [1.82, 2.24) is 10.1 Å². The molecule has 106 valence electrons. The molecule has 1 aromatic carbocycles. The summed E-state index contributed by atoms with van der Waals surface area (Å²) in [4.78, 5) is 16.2. The molecule has 0 aliphatic rings. The molecule has 0 aliphatic heterocycles. The number of nitrogens with one attached hydrogen (secondary N) is 1. The topological polar surface area (TPSA) is 81.2 Å². The summed E-state index contributed by atoms with van der Waals surface area (Å²) in [5, 5.41) is 6.57. The molecule has 0 saturated carbocycles. The Morgan fingerprint density at radius 3 is 2.81 bits per heavy atom. The lowest BCUT2D eigenvalue weighted by atomic mass is 10.1. The summed E-state index contributed by atoms with van der Waals surface area (Å²) in [5.74, 6) is 1.06. The van der Waals surface area contributed by atoms with E-state index in [4.69, 9.17) is 8.94 Å². The van der Waals surface area contributed by atoms with E-state index in [1.807, 2.05) is 24.3 Å². The third-order valence-electron chi connectivity index (χ3n) is 2.92. The number of aryl methyl sites for hydroxylation is 1. The molecule has 0 aliphatic carbocycles. The molecule has 6 heteroatoms. The number of aromatic nitrogens is 2. The SMILES string of the molecule is Cc1noc(Cc2ccccc2NC(=O)c2ccco2)n1. The largest absolute Gasteiger partial charge is 0.459 e. The predicted octanol–water partition coefficient (Wildman–Crippen LogP) is 2.81. The Hall–Kier alpha value is -2.89. The molecule has 2 aromatic heterocycles. The number of hydrogen-bond acceptors (Lipinski definition) is 5. The van der Waals surface area contributed by atoms with Crippen molar-refractivity contribution in [3.05, 3.63) is 65.7 Å². The fraction of sp³-hybridized carbons (Fsp3) is 0.133. The number of amides is 1. The molecule has 0 unspecified atom stereocenters. The van der Waals surface area contributed by atoms with Gasteiger partial charge in [-0.05, 0) is 30.7 Å². The molecule has 0 fully saturated rings. The Bertz CT molecular complexity index is 747. The van der Waals surface area contributed by atoms with Crippen molar-refractivity contribution in [1.29, 1.82) is 0 Å². The fourth-order valence-electron chi connectivity index (χ4n) is 1.96. The molecule has 0 saturated heterocycles. The smallest absolute Gasteiger partial charge is 0.291 e. The van der Waals surface area contributed by atoms with Crippen molar-refractivity contribution in [2.45, 2.75) is 13.3 Å². The van der Waals surface area contributed by atoms with Gasteiger partial charge < -0.3 is 14.3 Å². The molecular formula is C15H13N3O3. The van der Waals surface area contributed by atoms with Crippen molar-refractivity contribution < 1.29 is 13.7 Å². The van der Waals surface area contributed by atoms with Gasteiger partial charge in [-0.3, -0.25) is 4.79 Å². The highest BCUT2D eigenvalue weighted by molar-refractivity contribution is 6.02. The van der Waals surface area contributed by atoms with Gasteiger partial charge in [-0.25, -0.2) is 0 Å². The van der Waals surface area contributed by atoms with Gasteiger partial charge in [-0.2, -0.15) is 4.98 Å². The second kappa shape index (κ2) is 5.62. The summed E-state index contributed by atoms with van der Waals surface area (Å²) in [6.07, 6.45) is 1.91. The first-order chi connectivity index (χ1) is 10.2. The van der Waals surface area contributed by atoms with Crippen molar-refractivity contribution in [2.75, 3.05) is 5.32 Å². The minimum Gasteiger partial charge on any atom is -0.459 e. The van der Waals surface area contributed by atoms with Gasteiger partial charge >= 0.3 is 0 Å². The second-order valence-electron chi connectivity index (χ2n) is 4.50. The molecule has 3 aromatic rings. The first-order valence-electron chi connectivity index (χ1n) is 6.44. The maximum absolute atomic E-state index is 12.0. The van der Waals surface area contributed by atoms with E-state index in [1.165, 1.54) is 6.26 Å². The lowest BCUT2D eigenvalue weighted by molar-refractivity contribution is 0.0996. The lowest BCUT2D eigenvalue weighted by Gasteiger charge is -2.08. The van der Waals surface area contributed by atoms with Gasteiger partial charge in [0.25, 0.3) is 5.91 Å². The molecule has 3 rings (SSSR count). The van der Waals surface area contributed by atoms with E-state index < -0.39 is 0 Å². The number of carbonyl (C=O) groups excluding carboxylic acids is 1. The number of hydrogen-bond donors (Lipinski definition) is 1. The normalized spacial score (nSPS) is 10.5. The molecule has 0 radical (unpaired) electrons. The van der Waals surface area contributed by atoms with E-state index in [1.54, 1.807) is 19.1 Å². The Balaban J connectivity index is 1.81. The van der Waals surface area contributed by atoms with Crippen LogP contribution >= 0.6 is 0 Å². The summed E-state index contributed by atoms with van der Waals surface area (Å²) >= 11 is 0. The maximum atomic E-state index is 12.0. The van der Waals surface area contributed by atoms with Crippen LogP contribution < -0.4 is 5.32 Å². The highest BCUT2D eigenvalue weighted by Gasteiger charge is 2.13. The first kappa shape index (κ1) is 13.1. The van der Waals surface area contributed by atoms with Crippen LogP contribution in [0.25, 0.3) is 0 Å². The molecule has 21 heavy (non-hydrogen) atoms. The van der Waals surface area contributed by atoms with E-state index in [9.17, 15) is 4.79 Å². The Kier molecular flexibility index (Phi) is 3.51. The van der Waals surface area contributed by atoms with Gasteiger partial charge in [-0.15, -0.1) is 0 Å². The third-order valence-corrected chi connectivity index (χ3v) is 2.92. The number of anilines is 1. The van der Waals surface area contributed by atoms with E-state index >= 15 is 0 Å². The zero-order valence-electron chi connectivity index (χ0n) is 11.4. The summed E-state index contributed by atoms with van der Waals surface area (Å²) in [6.45, 7) is 1.76. The van der Waals surface area contributed by atoms with Crippen LogP contribution in [0.2, 0.25) is 0 Å². The maximum Gasteiger partial charge on any atom is 0.291 e. The minimum absolute atomic E-state index is 0.262. The highest BCUT2D eigenvalue weighted by Crippen LogP contribution is 2.19. The van der Waals surface area contributed by atoms with Crippen LogP contribution in [-0.2, 0) is 6.42 Å². The van der Waals surface area contributed by atoms with Crippen LogP contribution in [0.15, 0.2) is 51.6 Å². The van der Waals surface area contributed by atoms with Crippen LogP contribution in [0.4, 0.5) is 5.69 Å². The predicted molar refractivity (Wildman–Crippen MR) is 74.9 cm³/mol. The summed E-state index contributed by atoms with van der Waals surface area (Å²) in [6, 6.07) is 10.7. The van der Waals surface area contributed by atoms with Gasteiger partial charge in [0.15, 0.2) is 11.6 Å². The number of para-hydroxylation sites is 1. The van der Waals surface area contributed by atoms with Gasteiger partial charge in [0.05, 0.1) is 12.7 Å². The summed E-state index contributed by atoms with van der Waals surface area (Å²) in [7, 11) is 0. The van der Waals surface area contributed by atoms with Crippen LogP contribution in [0.5, 0.6) is 0 Å². The van der Waals surface area contributed by atoms with Crippen molar-refractivity contribution >= 4 is 11.6 Å². The third kappa shape index (κ3) is 3.00. The van der Waals surface area contributed by atoms with Crippen LogP contribution in [0, 0.1) is 6.92 Å². The average Bonchev–Trinajstić information content (AvgIpc) is 3.13. The molecule has 6 nitrogen and oxygen atoms in total.